The summed E-state index contributed by atoms with van der Waals surface area (Å²) in [5.41, 5.74) is 1.86. The summed E-state index contributed by atoms with van der Waals surface area (Å²) in [6.07, 6.45) is 0. The smallest absolute Gasteiger partial charge is 0.323 e. The normalized spacial score (nSPS) is 10.2. The number of halogens is 2. The number of phenols is 1. The number of hydrogen-bond acceptors (Lipinski definition) is 2. The van der Waals surface area contributed by atoms with Crippen molar-refractivity contribution >= 4 is 40.6 Å². The van der Waals surface area contributed by atoms with Gasteiger partial charge in [0.05, 0.1) is 0 Å². The third-order valence-corrected chi connectivity index (χ3v) is 3.02. The van der Waals surface area contributed by atoms with Gasteiger partial charge in [-0.3, -0.25) is 0 Å². The first-order valence-corrected chi connectivity index (χ1v) is 6.53. The molecule has 0 fully saturated rings. The van der Waals surface area contributed by atoms with E-state index in [2.05, 4.69) is 10.6 Å². The van der Waals surface area contributed by atoms with Crippen LogP contribution in [-0.4, -0.2) is 11.1 Å². The molecule has 0 aromatic heterocycles. The number of urea groups is 1. The van der Waals surface area contributed by atoms with Crippen LogP contribution in [0.25, 0.3) is 0 Å². The predicted octanol–water partition coefficient (Wildman–Crippen LogP) is 4.65. The zero-order valence-corrected chi connectivity index (χ0v) is 12.1. The summed E-state index contributed by atoms with van der Waals surface area (Å²) >= 11 is 11.7. The highest BCUT2D eigenvalue weighted by Crippen LogP contribution is 2.23. The standard InChI is InChI=1S/C14H12Cl2N2O2/c1-8-4-12(19)2-3-13(8)18-14(20)17-11-6-9(15)5-10(16)7-11/h2-7,19H,1H3,(H2,17,18,20). The zero-order valence-electron chi connectivity index (χ0n) is 10.6. The molecule has 4 nitrogen and oxygen atoms in total. The fourth-order valence-electron chi connectivity index (χ4n) is 1.70. The molecule has 20 heavy (non-hydrogen) atoms. The van der Waals surface area contributed by atoms with E-state index in [1.807, 2.05) is 0 Å². The van der Waals surface area contributed by atoms with Crippen molar-refractivity contribution in [2.45, 2.75) is 6.92 Å². The van der Waals surface area contributed by atoms with Gasteiger partial charge in [0.1, 0.15) is 5.75 Å². The molecule has 0 bridgehead atoms. The largest absolute Gasteiger partial charge is 0.508 e. The van der Waals surface area contributed by atoms with Crippen molar-refractivity contribution in [2.24, 2.45) is 0 Å². The summed E-state index contributed by atoms with van der Waals surface area (Å²) in [6.45, 7) is 1.78. The molecule has 0 atom stereocenters. The highest BCUT2D eigenvalue weighted by Gasteiger charge is 2.06. The van der Waals surface area contributed by atoms with Gasteiger partial charge in [-0.25, -0.2) is 4.79 Å². The molecule has 0 spiro atoms. The molecule has 104 valence electrons. The molecule has 2 aromatic carbocycles. The van der Waals surface area contributed by atoms with E-state index in [-0.39, 0.29) is 5.75 Å². The van der Waals surface area contributed by atoms with Gasteiger partial charge in [0.2, 0.25) is 0 Å². The number of phenolic OH excluding ortho intramolecular Hbond substituents is 1. The Morgan fingerprint density at radius 1 is 1.05 bits per heavy atom. The third kappa shape index (κ3) is 3.79. The second kappa shape index (κ2) is 6.03. The second-order valence-corrected chi connectivity index (χ2v) is 5.11. The fourth-order valence-corrected chi connectivity index (χ4v) is 2.22. The summed E-state index contributed by atoms with van der Waals surface area (Å²) in [7, 11) is 0. The maximum absolute atomic E-state index is 11.9. The van der Waals surface area contributed by atoms with Crippen molar-refractivity contribution in [3.8, 4) is 5.75 Å². The molecule has 0 saturated carbocycles. The molecular weight excluding hydrogens is 299 g/mol. The van der Waals surface area contributed by atoms with Crippen LogP contribution in [0.1, 0.15) is 5.56 Å². The summed E-state index contributed by atoms with van der Waals surface area (Å²) in [4.78, 5) is 11.9. The number of aryl methyl sites for hydroxylation is 1. The third-order valence-electron chi connectivity index (χ3n) is 2.58. The number of rotatable bonds is 2. The topological polar surface area (TPSA) is 61.4 Å². The molecule has 6 heteroatoms. The first-order chi connectivity index (χ1) is 9.44. The number of aromatic hydroxyl groups is 1. The van der Waals surface area contributed by atoms with E-state index in [4.69, 9.17) is 23.2 Å². The Balaban J connectivity index is 2.09. The van der Waals surface area contributed by atoms with E-state index in [9.17, 15) is 9.90 Å². The van der Waals surface area contributed by atoms with Gasteiger partial charge in [-0.2, -0.15) is 0 Å². The van der Waals surface area contributed by atoms with E-state index < -0.39 is 6.03 Å². The van der Waals surface area contributed by atoms with E-state index >= 15 is 0 Å². The van der Waals surface area contributed by atoms with E-state index in [1.165, 1.54) is 6.07 Å². The van der Waals surface area contributed by atoms with Gasteiger partial charge >= 0.3 is 6.03 Å². The molecule has 0 aliphatic rings. The number of carbonyl (C=O) groups excluding carboxylic acids is 1. The van der Waals surface area contributed by atoms with Gasteiger partial charge in [-0.1, -0.05) is 23.2 Å². The Morgan fingerprint density at radius 3 is 2.30 bits per heavy atom. The molecule has 0 heterocycles. The van der Waals surface area contributed by atoms with Gasteiger partial charge < -0.3 is 15.7 Å². The van der Waals surface area contributed by atoms with Crippen molar-refractivity contribution in [1.29, 1.82) is 0 Å². The number of benzene rings is 2. The quantitative estimate of drug-likeness (QED) is 0.707. The summed E-state index contributed by atoms with van der Waals surface area (Å²) in [5.74, 6) is 0.148. The van der Waals surface area contributed by atoms with Crippen LogP contribution in [0.15, 0.2) is 36.4 Å². The zero-order chi connectivity index (χ0) is 14.7. The Hall–Kier alpha value is -1.91. The molecule has 0 saturated heterocycles. The average Bonchev–Trinajstić information content (AvgIpc) is 2.31. The lowest BCUT2D eigenvalue weighted by Crippen LogP contribution is -2.19. The first kappa shape index (κ1) is 14.5. The number of nitrogens with one attached hydrogen (secondary N) is 2. The van der Waals surface area contributed by atoms with Gasteiger partial charge in [-0.05, 0) is 48.9 Å². The summed E-state index contributed by atoms with van der Waals surface area (Å²) < 4.78 is 0. The molecule has 2 aromatic rings. The van der Waals surface area contributed by atoms with Crippen LogP contribution in [0.5, 0.6) is 5.75 Å². The molecule has 0 aliphatic heterocycles. The molecule has 2 rings (SSSR count). The van der Waals surface area contributed by atoms with Crippen molar-refractivity contribution < 1.29 is 9.90 Å². The molecule has 3 N–H and O–H groups in total. The lowest BCUT2D eigenvalue weighted by atomic mass is 10.2. The van der Waals surface area contributed by atoms with Gasteiger partial charge in [0, 0.05) is 21.4 Å². The minimum Gasteiger partial charge on any atom is -0.508 e. The molecule has 0 unspecified atom stereocenters. The monoisotopic (exact) mass is 310 g/mol. The average molecular weight is 311 g/mol. The van der Waals surface area contributed by atoms with Crippen LogP contribution >= 0.6 is 23.2 Å². The number of amides is 2. The summed E-state index contributed by atoms with van der Waals surface area (Å²) in [6, 6.07) is 9.03. The lowest BCUT2D eigenvalue weighted by Gasteiger charge is -2.10. The SMILES string of the molecule is Cc1cc(O)ccc1NC(=O)Nc1cc(Cl)cc(Cl)c1. The fraction of sp³-hybridized carbons (Fsp3) is 0.0714. The van der Waals surface area contributed by atoms with Gasteiger partial charge in [0.15, 0.2) is 0 Å². The maximum atomic E-state index is 11.9. The Morgan fingerprint density at radius 2 is 1.70 bits per heavy atom. The Kier molecular flexibility index (Phi) is 4.37. The molecular formula is C14H12Cl2N2O2. The Bertz CT molecular complexity index is 639. The van der Waals surface area contributed by atoms with Gasteiger partial charge in [-0.15, -0.1) is 0 Å². The maximum Gasteiger partial charge on any atom is 0.323 e. The van der Waals surface area contributed by atoms with Crippen molar-refractivity contribution in [1.82, 2.24) is 0 Å². The highest BCUT2D eigenvalue weighted by molar-refractivity contribution is 6.35. The number of hydrogen-bond donors (Lipinski definition) is 3. The van der Waals surface area contributed by atoms with Crippen molar-refractivity contribution in [3.05, 3.63) is 52.0 Å². The minimum absolute atomic E-state index is 0.148. The minimum atomic E-state index is -0.419. The predicted molar refractivity (Wildman–Crippen MR) is 81.9 cm³/mol. The Labute approximate surface area is 126 Å². The molecule has 2 amide bonds. The number of anilines is 2. The van der Waals surface area contributed by atoms with Crippen LogP contribution in [-0.2, 0) is 0 Å². The van der Waals surface area contributed by atoms with Crippen molar-refractivity contribution in [2.75, 3.05) is 10.6 Å². The first-order valence-electron chi connectivity index (χ1n) is 5.78. The van der Waals surface area contributed by atoms with Crippen LogP contribution < -0.4 is 10.6 Å². The second-order valence-electron chi connectivity index (χ2n) is 4.24. The molecule has 0 aliphatic carbocycles. The van der Waals surface area contributed by atoms with E-state index in [0.717, 1.165) is 5.56 Å². The van der Waals surface area contributed by atoms with Crippen LogP contribution in [0, 0.1) is 6.92 Å². The van der Waals surface area contributed by atoms with Crippen LogP contribution in [0.4, 0.5) is 16.2 Å². The lowest BCUT2D eigenvalue weighted by molar-refractivity contribution is 0.262. The van der Waals surface area contributed by atoms with Crippen LogP contribution in [0.3, 0.4) is 0 Å². The number of carbonyl (C=O) groups is 1. The van der Waals surface area contributed by atoms with Crippen molar-refractivity contribution in [3.63, 3.8) is 0 Å². The van der Waals surface area contributed by atoms with Gasteiger partial charge in [0.25, 0.3) is 0 Å². The van der Waals surface area contributed by atoms with E-state index in [0.29, 0.717) is 21.4 Å². The summed E-state index contributed by atoms with van der Waals surface area (Å²) in [5, 5.41) is 15.5. The van der Waals surface area contributed by atoms with E-state index in [1.54, 1.807) is 37.3 Å². The van der Waals surface area contributed by atoms with Crippen LogP contribution in [0.2, 0.25) is 10.0 Å². The highest BCUT2D eigenvalue weighted by atomic mass is 35.5. The molecule has 0 radical (unpaired) electrons.